The second-order valence-corrected chi connectivity index (χ2v) is 6.18. The van der Waals surface area contributed by atoms with E-state index in [1.807, 2.05) is 42.5 Å². The number of hydrogen-bond acceptors (Lipinski definition) is 6. The van der Waals surface area contributed by atoms with Crippen LogP contribution in [0.15, 0.2) is 42.5 Å². The standard InChI is InChI=1S/C19H23NO6/c1-14(26-20(22)23)8-7-13-25-18(21)19(2,24-3)17-12-6-10-15-9-4-5-11-16(15)17/h4-6,9-12,14H,7-8,13H2,1-3H3/t14?,19-/m0/s1. The molecule has 0 fully saturated rings. The number of benzene rings is 2. The average molecular weight is 361 g/mol. The summed E-state index contributed by atoms with van der Waals surface area (Å²) in [5, 5.41) is 11.4. The lowest BCUT2D eigenvalue weighted by atomic mass is 9.90. The Kier molecular flexibility index (Phi) is 6.52. The van der Waals surface area contributed by atoms with Crippen molar-refractivity contribution in [3.05, 3.63) is 58.1 Å². The Balaban J connectivity index is 2.06. The van der Waals surface area contributed by atoms with Gasteiger partial charge in [-0.2, -0.15) is 0 Å². The van der Waals surface area contributed by atoms with Gasteiger partial charge in [0.05, 0.1) is 6.61 Å². The van der Waals surface area contributed by atoms with Gasteiger partial charge in [0.2, 0.25) is 0 Å². The maximum absolute atomic E-state index is 12.7. The maximum atomic E-state index is 12.7. The first-order valence-electron chi connectivity index (χ1n) is 8.40. The van der Waals surface area contributed by atoms with Gasteiger partial charge in [0.15, 0.2) is 5.60 Å². The number of rotatable bonds is 9. The Morgan fingerprint density at radius 3 is 2.62 bits per heavy atom. The molecule has 2 rings (SSSR count). The van der Waals surface area contributed by atoms with Crippen LogP contribution in [0.2, 0.25) is 0 Å². The molecule has 7 heteroatoms. The van der Waals surface area contributed by atoms with Crippen molar-refractivity contribution in [2.24, 2.45) is 0 Å². The van der Waals surface area contributed by atoms with Crippen LogP contribution in [0.25, 0.3) is 10.8 Å². The molecular weight excluding hydrogens is 338 g/mol. The summed E-state index contributed by atoms with van der Waals surface area (Å²) in [6, 6.07) is 13.4. The molecule has 0 saturated heterocycles. The van der Waals surface area contributed by atoms with Gasteiger partial charge >= 0.3 is 5.97 Å². The monoisotopic (exact) mass is 361 g/mol. The maximum Gasteiger partial charge on any atom is 0.342 e. The van der Waals surface area contributed by atoms with E-state index in [9.17, 15) is 14.9 Å². The number of carbonyl (C=O) groups excluding carboxylic acids is 1. The molecule has 0 amide bonds. The summed E-state index contributed by atoms with van der Waals surface area (Å²) in [6.45, 7) is 3.41. The minimum absolute atomic E-state index is 0.133. The topological polar surface area (TPSA) is 87.9 Å². The van der Waals surface area contributed by atoms with Crippen molar-refractivity contribution in [2.45, 2.75) is 38.4 Å². The fourth-order valence-corrected chi connectivity index (χ4v) is 2.82. The average Bonchev–Trinajstić information content (AvgIpc) is 2.63. The van der Waals surface area contributed by atoms with Crippen LogP contribution in [0.4, 0.5) is 0 Å². The van der Waals surface area contributed by atoms with Crippen LogP contribution in [0.3, 0.4) is 0 Å². The predicted molar refractivity (Wildman–Crippen MR) is 96.0 cm³/mol. The van der Waals surface area contributed by atoms with Gasteiger partial charge in [0, 0.05) is 12.7 Å². The van der Waals surface area contributed by atoms with Gasteiger partial charge in [0.25, 0.3) is 5.09 Å². The fourth-order valence-electron chi connectivity index (χ4n) is 2.82. The summed E-state index contributed by atoms with van der Waals surface area (Å²) >= 11 is 0. The van der Waals surface area contributed by atoms with Crippen LogP contribution in [-0.4, -0.2) is 30.9 Å². The lowest BCUT2D eigenvalue weighted by Gasteiger charge is -2.27. The largest absolute Gasteiger partial charge is 0.463 e. The molecule has 0 aliphatic rings. The molecule has 2 atom stereocenters. The van der Waals surface area contributed by atoms with Crippen molar-refractivity contribution in [3.63, 3.8) is 0 Å². The Bertz CT molecular complexity index is 772. The molecule has 0 aliphatic carbocycles. The Hall–Kier alpha value is -2.67. The van der Waals surface area contributed by atoms with Gasteiger partial charge in [-0.3, -0.25) is 0 Å². The third-order valence-electron chi connectivity index (χ3n) is 4.36. The highest BCUT2D eigenvalue weighted by atomic mass is 17.0. The summed E-state index contributed by atoms with van der Waals surface area (Å²) in [5.74, 6) is -0.501. The first kappa shape index (κ1) is 19.7. The van der Waals surface area contributed by atoms with E-state index >= 15 is 0 Å². The normalized spacial score (nSPS) is 14.4. The van der Waals surface area contributed by atoms with Crippen LogP contribution in [-0.2, 0) is 24.7 Å². The predicted octanol–water partition coefficient (Wildman–Crippen LogP) is 3.62. The van der Waals surface area contributed by atoms with Gasteiger partial charge in [0.1, 0.15) is 6.10 Å². The molecule has 0 spiro atoms. The molecule has 0 aromatic heterocycles. The molecule has 140 valence electrons. The number of esters is 1. The Morgan fingerprint density at radius 2 is 1.92 bits per heavy atom. The molecule has 2 aromatic rings. The third-order valence-corrected chi connectivity index (χ3v) is 4.36. The fraction of sp³-hybridized carbons (Fsp3) is 0.421. The third kappa shape index (κ3) is 4.49. The lowest BCUT2D eigenvalue weighted by Crippen LogP contribution is -2.36. The molecule has 0 bridgehead atoms. The molecule has 0 radical (unpaired) electrons. The van der Waals surface area contributed by atoms with Crippen molar-refractivity contribution in [1.29, 1.82) is 0 Å². The number of fused-ring (bicyclic) bond motifs is 1. The lowest BCUT2D eigenvalue weighted by molar-refractivity contribution is -0.767. The van der Waals surface area contributed by atoms with Gasteiger partial charge in [-0.25, -0.2) is 4.79 Å². The number of hydrogen-bond donors (Lipinski definition) is 0. The van der Waals surface area contributed by atoms with Crippen LogP contribution in [0.5, 0.6) is 0 Å². The zero-order chi connectivity index (χ0) is 19.2. The van der Waals surface area contributed by atoms with Gasteiger partial charge < -0.3 is 14.3 Å². The first-order chi connectivity index (χ1) is 12.4. The van der Waals surface area contributed by atoms with E-state index in [0.717, 1.165) is 16.3 Å². The molecule has 0 N–H and O–H groups in total. The Labute approximate surface area is 152 Å². The summed E-state index contributed by atoms with van der Waals surface area (Å²) < 4.78 is 10.9. The van der Waals surface area contributed by atoms with Gasteiger partial charge in [-0.15, -0.1) is 10.1 Å². The van der Waals surface area contributed by atoms with E-state index in [-0.39, 0.29) is 6.61 Å². The zero-order valence-electron chi connectivity index (χ0n) is 15.1. The van der Waals surface area contributed by atoms with Crippen molar-refractivity contribution in [2.75, 3.05) is 13.7 Å². The minimum atomic E-state index is -1.25. The Morgan fingerprint density at radius 1 is 1.23 bits per heavy atom. The summed E-state index contributed by atoms with van der Waals surface area (Å²) in [6.07, 6.45) is 0.318. The number of methoxy groups -OCH3 is 1. The quantitative estimate of drug-likeness (QED) is 0.293. The summed E-state index contributed by atoms with van der Waals surface area (Å²) in [7, 11) is 1.47. The molecule has 1 unspecified atom stereocenters. The molecule has 7 nitrogen and oxygen atoms in total. The zero-order valence-corrected chi connectivity index (χ0v) is 15.1. The molecule has 0 heterocycles. The first-order valence-corrected chi connectivity index (χ1v) is 8.40. The van der Waals surface area contributed by atoms with E-state index < -0.39 is 22.8 Å². The SMILES string of the molecule is CO[C@](C)(C(=O)OCCCC(C)O[N+](=O)[O-])c1cccc2ccccc12. The van der Waals surface area contributed by atoms with Crippen LogP contribution in [0.1, 0.15) is 32.3 Å². The molecule has 0 aliphatic heterocycles. The number of carbonyl (C=O) groups is 1. The van der Waals surface area contributed by atoms with E-state index in [1.54, 1.807) is 13.8 Å². The highest BCUT2D eigenvalue weighted by Crippen LogP contribution is 2.32. The van der Waals surface area contributed by atoms with Crippen molar-refractivity contribution < 1.29 is 24.2 Å². The molecular formula is C19H23NO6. The highest BCUT2D eigenvalue weighted by Gasteiger charge is 2.38. The molecule has 2 aromatic carbocycles. The van der Waals surface area contributed by atoms with Crippen LogP contribution >= 0.6 is 0 Å². The second-order valence-electron chi connectivity index (χ2n) is 6.18. The highest BCUT2D eigenvalue weighted by molar-refractivity contribution is 5.92. The van der Waals surface area contributed by atoms with Crippen LogP contribution < -0.4 is 0 Å². The second kappa shape index (κ2) is 8.62. The van der Waals surface area contributed by atoms with E-state index in [0.29, 0.717) is 12.8 Å². The van der Waals surface area contributed by atoms with Gasteiger partial charge in [-0.05, 0) is 37.5 Å². The molecule has 0 saturated carbocycles. The van der Waals surface area contributed by atoms with Gasteiger partial charge in [-0.1, -0.05) is 42.5 Å². The van der Waals surface area contributed by atoms with Crippen molar-refractivity contribution in [3.8, 4) is 0 Å². The number of ether oxygens (including phenoxy) is 2. The van der Waals surface area contributed by atoms with Crippen molar-refractivity contribution in [1.82, 2.24) is 0 Å². The summed E-state index contributed by atoms with van der Waals surface area (Å²) in [5.41, 5.74) is -0.516. The smallest absolute Gasteiger partial charge is 0.342 e. The summed E-state index contributed by atoms with van der Waals surface area (Å²) in [4.78, 5) is 27.4. The van der Waals surface area contributed by atoms with E-state index in [2.05, 4.69) is 4.84 Å². The van der Waals surface area contributed by atoms with E-state index in [1.165, 1.54) is 7.11 Å². The van der Waals surface area contributed by atoms with Crippen molar-refractivity contribution >= 4 is 16.7 Å². The molecule has 26 heavy (non-hydrogen) atoms. The minimum Gasteiger partial charge on any atom is -0.463 e. The van der Waals surface area contributed by atoms with E-state index in [4.69, 9.17) is 9.47 Å². The number of nitrogens with zero attached hydrogens (tertiary/aromatic N) is 1. The van der Waals surface area contributed by atoms with Crippen LogP contribution in [0, 0.1) is 10.1 Å².